The Kier molecular flexibility index (Phi) is 3.38. The summed E-state index contributed by atoms with van der Waals surface area (Å²) in [4.78, 5) is 4.32. The van der Waals surface area contributed by atoms with Crippen molar-refractivity contribution in [2.45, 2.75) is 38.1 Å². The van der Waals surface area contributed by atoms with Gasteiger partial charge in [-0.15, -0.1) is 0 Å². The molecule has 15 heavy (non-hydrogen) atoms. The Morgan fingerprint density at radius 2 is 2.27 bits per heavy atom. The van der Waals surface area contributed by atoms with E-state index in [1.165, 1.54) is 0 Å². The molecule has 4 nitrogen and oxygen atoms in total. The Bertz CT molecular complexity index is 303. The van der Waals surface area contributed by atoms with Crippen molar-refractivity contribution >= 4 is 0 Å². The fraction of sp³-hybridized carbons (Fsp3) is 0.727. The highest BCUT2D eigenvalue weighted by Crippen LogP contribution is 2.26. The molecule has 1 saturated heterocycles. The monoisotopic (exact) mass is 210 g/mol. The molecule has 1 atom stereocenters. The van der Waals surface area contributed by atoms with Crippen LogP contribution in [-0.2, 0) is 11.2 Å². The van der Waals surface area contributed by atoms with Gasteiger partial charge in [-0.1, -0.05) is 0 Å². The molecule has 0 saturated carbocycles. The van der Waals surface area contributed by atoms with E-state index in [-0.39, 0.29) is 6.04 Å². The molecule has 0 spiro atoms. The normalized spacial score (nSPS) is 20.4. The van der Waals surface area contributed by atoms with Gasteiger partial charge in [0, 0.05) is 31.6 Å². The lowest BCUT2D eigenvalue weighted by Crippen LogP contribution is -2.17. The van der Waals surface area contributed by atoms with Gasteiger partial charge in [0.2, 0.25) is 0 Å². The largest absolute Gasteiger partial charge is 0.445 e. The van der Waals surface area contributed by atoms with Crippen LogP contribution < -0.4 is 5.73 Å². The minimum absolute atomic E-state index is 0.125. The van der Waals surface area contributed by atoms with Crippen molar-refractivity contribution in [1.29, 1.82) is 0 Å². The Balaban J connectivity index is 1.99. The molecule has 2 rings (SSSR count). The molecular weight excluding hydrogens is 192 g/mol. The van der Waals surface area contributed by atoms with Gasteiger partial charge in [0.25, 0.3) is 0 Å². The molecule has 1 aliphatic rings. The van der Waals surface area contributed by atoms with Crippen LogP contribution in [0.2, 0.25) is 0 Å². The van der Waals surface area contributed by atoms with Crippen molar-refractivity contribution in [2.75, 3.05) is 13.2 Å². The molecule has 0 aromatic carbocycles. The highest BCUT2D eigenvalue weighted by molar-refractivity contribution is 5.01. The molecule has 0 amide bonds. The number of hydrogen-bond acceptors (Lipinski definition) is 4. The second-order valence-corrected chi connectivity index (χ2v) is 4.23. The van der Waals surface area contributed by atoms with Crippen molar-refractivity contribution in [3.63, 3.8) is 0 Å². The van der Waals surface area contributed by atoms with Gasteiger partial charge in [0.1, 0.15) is 5.76 Å². The molecule has 1 unspecified atom stereocenters. The van der Waals surface area contributed by atoms with E-state index in [4.69, 9.17) is 14.9 Å². The van der Waals surface area contributed by atoms with Crippen LogP contribution in [0.15, 0.2) is 10.6 Å². The first-order valence-electron chi connectivity index (χ1n) is 5.53. The summed E-state index contributed by atoms with van der Waals surface area (Å²) in [5.41, 5.74) is 5.70. The van der Waals surface area contributed by atoms with Gasteiger partial charge < -0.3 is 14.9 Å². The maximum Gasteiger partial charge on any atom is 0.197 e. The molecule has 2 heterocycles. The number of hydrogen-bond donors (Lipinski definition) is 1. The first kappa shape index (κ1) is 10.6. The van der Waals surface area contributed by atoms with Crippen LogP contribution in [0, 0.1) is 0 Å². The molecule has 84 valence electrons. The Hall–Kier alpha value is -0.870. The van der Waals surface area contributed by atoms with E-state index in [9.17, 15) is 0 Å². The number of oxazole rings is 1. The van der Waals surface area contributed by atoms with E-state index in [2.05, 4.69) is 4.98 Å². The van der Waals surface area contributed by atoms with Gasteiger partial charge >= 0.3 is 0 Å². The van der Waals surface area contributed by atoms with E-state index < -0.39 is 0 Å². The minimum Gasteiger partial charge on any atom is -0.445 e. The first-order chi connectivity index (χ1) is 7.25. The quantitative estimate of drug-likeness (QED) is 0.820. The predicted octanol–water partition coefficient (Wildman–Crippen LogP) is 1.46. The summed E-state index contributed by atoms with van der Waals surface area (Å²) >= 11 is 0. The Labute approximate surface area is 89.8 Å². The number of nitrogens with two attached hydrogens (primary N) is 1. The van der Waals surface area contributed by atoms with Crippen LogP contribution in [0.4, 0.5) is 0 Å². The molecular formula is C11H18N2O2. The van der Waals surface area contributed by atoms with Gasteiger partial charge in [-0.3, -0.25) is 0 Å². The Morgan fingerprint density at radius 3 is 2.93 bits per heavy atom. The topological polar surface area (TPSA) is 61.3 Å². The second kappa shape index (κ2) is 4.77. The van der Waals surface area contributed by atoms with Crippen molar-refractivity contribution < 1.29 is 9.15 Å². The fourth-order valence-corrected chi connectivity index (χ4v) is 1.87. The molecule has 1 aromatic rings. The van der Waals surface area contributed by atoms with Gasteiger partial charge in [0.15, 0.2) is 5.89 Å². The molecule has 1 aromatic heterocycles. The second-order valence-electron chi connectivity index (χ2n) is 4.23. The molecule has 0 aliphatic carbocycles. The zero-order chi connectivity index (χ0) is 10.7. The summed E-state index contributed by atoms with van der Waals surface area (Å²) in [7, 11) is 0. The minimum atomic E-state index is 0.125. The standard InChI is InChI=1S/C11H18N2O2/c1-8(12)6-10-7-13-11(15-10)9-2-4-14-5-3-9/h7-9H,2-6,12H2,1H3. The molecule has 0 bridgehead atoms. The van der Waals surface area contributed by atoms with E-state index in [1.54, 1.807) is 6.20 Å². The summed E-state index contributed by atoms with van der Waals surface area (Å²) in [6.07, 6.45) is 4.58. The third-order valence-corrected chi connectivity index (χ3v) is 2.67. The lowest BCUT2D eigenvalue weighted by Gasteiger charge is -2.18. The van der Waals surface area contributed by atoms with Crippen LogP contribution in [0.1, 0.15) is 37.3 Å². The molecule has 1 aliphatic heterocycles. The zero-order valence-electron chi connectivity index (χ0n) is 9.11. The molecule has 2 N–H and O–H groups in total. The maximum absolute atomic E-state index is 5.70. The summed E-state index contributed by atoms with van der Waals surface area (Å²) in [6, 6.07) is 0.125. The average Bonchev–Trinajstić information content (AvgIpc) is 2.67. The van der Waals surface area contributed by atoms with Crippen molar-refractivity contribution in [1.82, 2.24) is 4.98 Å². The van der Waals surface area contributed by atoms with E-state index in [1.807, 2.05) is 6.92 Å². The lowest BCUT2D eigenvalue weighted by atomic mass is 10.0. The van der Waals surface area contributed by atoms with Crippen molar-refractivity contribution in [3.8, 4) is 0 Å². The third kappa shape index (κ3) is 2.79. The lowest BCUT2D eigenvalue weighted by molar-refractivity contribution is 0.0791. The number of nitrogens with zero attached hydrogens (tertiary/aromatic N) is 1. The summed E-state index contributed by atoms with van der Waals surface area (Å²) in [6.45, 7) is 3.60. The van der Waals surface area contributed by atoms with Crippen molar-refractivity contribution in [3.05, 3.63) is 17.8 Å². The van der Waals surface area contributed by atoms with Crippen molar-refractivity contribution in [2.24, 2.45) is 5.73 Å². The summed E-state index contributed by atoms with van der Waals surface area (Å²) in [5.74, 6) is 2.18. The molecule has 0 radical (unpaired) electrons. The first-order valence-corrected chi connectivity index (χ1v) is 5.53. The van der Waals surface area contributed by atoms with Crippen LogP contribution >= 0.6 is 0 Å². The van der Waals surface area contributed by atoms with Crippen LogP contribution in [-0.4, -0.2) is 24.2 Å². The van der Waals surface area contributed by atoms with Crippen LogP contribution in [0.25, 0.3) is 0 Å². The van der Waals surface area contributed by atoms with Crippen LogP contribution in [0.3, 0.4) is 0 Å². The molecule has 4 heteroatoms. The van der Waals surface area contributed by atoms with Gasteiger partial charge in [-0.25, -0.2) is 4.98 Å². The highest BCUT2D eigenvalue weighted by Gasteiger charge is 2.20. The number of rotatable bonds is 3. The summed E-state index contributed by atoms with van der Waals surface area (Å²) in [5, 5.41) is 0. The fourth-order valence-electron chi connectivity index (χ4n) is 1.87. The van der Waals surface area contributed by atoms with Crippen LogP contribution in [0.5, 0.6) is 0 Å². The van der Waals surface area contributed by atoms with Gasteiger partial charge in [-0.05, 0) is 19.8 Å². The number of ether oxygens (including phenoxy) is 1. The average molecular weight is 210 g/mol. The Morgan fingerprint density at radius 1 is 1.53 bits per heavy atom. The van der Waals surface area contributed by atoms with E-state index in [0.717, 1.165) is 44.1 Å². The third-order valence-electron chi connectivity index (χ3n) is 2.67. The SMILES string of the molecule is CC(N)Cc1cnc(C2CCOCC2)o1. The highest BCUT2D eigenvalue weighted by atomic mass is 16.5. The van der Waals surface area contributed by atoms with Gasteiger partial charge in [0.05, 0.1) is 6.20 Å². The summed E-state index contributed by atoms with van der Waals surface area (Å²) < 4.78 is 11.0. The molecule has 1 fully saturated rings. The predicted molar refractivity (Wildman–Crippen MR) is 56.7 cm³/mol. The number of aromatic nitrogens is 1. The smallest absolute Gasteiger partial charge is 0.197 e. The maximum atomic E-state index is 5.70. The van der Waals surface area contributed by atoms with Gasteiger partial charge in [-0.2, -0.15) is 0 Å². The van der Waals surface area contributed by atoms with E-state index in [0.29, 0.717) is 5.92 Å². The zero-order valence-corrected chi connectivity index (χ0v) is 9.11. The van der Waals surface area contributed by atoms with E-state index >= 15 is 0 Å².